The summed E-state index contributed by atoms with van der Waals surface area (Å²) in [7, 11) is -0.598. The summed E-state index contributed by atoms with van der Waals surface area (Å²) in [5.74, 6) is 0.350. The molecule has 8 heteroatoms. The number of methoxy groups -OCH3 is 1. The fraction of sp³-hybridized carbons (Fsp3) is 0.500. The van der Waals surface area contributed by atoms with Gasteiger partial charge in [-0.25, -0.2) is 4.79 Å². The molecule has 0 N–H and O–H groups in total. The lowest BCUT2D eigenvalue weighted by Crippen LogP contribution is -2.48. The highest BCUT2D eigenvalue weighted by molar-refractivity contribution is 6.74. The number of esters is 1. The number of carbonyl (C=O) groups is 2. The predicted molar refractivity (Wildman–Crippen MR) is 141 cm³/mol. The monoisotopic (exact) mass is 513 g/mol. The predicted octanol–water partition coefficient (Wildman–Crippen LogP) is 5.58. The first-order chi connectivity index (χ1) is 16.9. The molecule has 2 aromatic rings. The molecule has 0 unspecified atom stereocenters. The van der Waals surface area contributed by atoms with Crippen LogP contribution >= 0.6 is 0 Å². The van der Waals surface area contributed by atoms with Gasteiger partial charge in [-0.2, -0.15) is 0 Å². The number of rotatable bonds is 8. The molecule has 0 aromatic heterocycles. The van der Waals surface area contributed by atoms with Crippen molar-refractivity contribution in [1.29, 1.82) is 0 Å². The molecule has 1 amide bonds. The van der Waals surface area contributed by atoms with E-state index in [1.165, 1.54) is 6.92 Å². The molecule has 1 aliphatic heterocycles. The molecule has 196 valence electrons. The summed E-state index contributed by atoms with van der Waals surface area (Å²) in [6, 6.07) is 16.8. The highest BCUT2D eigenvalue weighted by Crippen LogP contribution is 2.40. The average molecular weight is 514 g/mol. The minimum atomic E-state index is -2.22. The van der Waals surface area contributed by atoms with Crippen molar-refractivity contribution >= 4 is 20.4 Å². The Morgan fingerprint density at radius 3 is 2.19 bits per heavy atom. The minimum absolute atomic E-state index is 0.0412. The highest BCUT2D eigenvalue weighted by Gasteiger charge is 2.51. The maximum Gasteiger partial charge on any atom is 0.410 e. The Hall–Kier alpha value is -2.84. The second-order valence-corrected chi connectivity index (χ2v) is 15.6. The summed E-state index contributed by atoms with van der Waals surface area (Å²) in [6.07, 6.45) is -1.01. The summed E-state index contributed by atoms with van der Waals surface area (Å²) in [4.78, 5) is 27.2. The van der Waals surface area contributed by atoms with Crippen LogP contribution in [0.25, 0.3) is 0 Å². The average Bonchev–Trinajstić information content (AvgIpc) is 3.13. The number of ether oxygens (including phenoxy) is 3. The van der Waals surface area contributed by atoms with Crippen molar-refractivity contribution in [2.45, 2.75) is 77.1 Å². The van der Waals surface area contributed by atoms with Crippen LogP contribution in [0.1, 0.15) is 38.8 Å². The van der Waals surface area contributed by atoms with E-state index in [0.29, 0.717) is 13.0 Å². The zero-order valence-electron chi connectivity index (χ0n) is 22.4. The molecule has 1 saturated heterocycles. The first-order valence-corrected chi connectivity index (χ1v) is 15.3. The third-order valence-electron chi connectivity index (χ3n) is 7.12. The Labute approximate surface area is 215 Å². The second kappa shape index (κ2) is 11.5. The Bertz CT molecular complexity index is 1020. The van der Waals surface area contributed by atoms with Gasteiger partial charge >= 0.3 is 12.1 Å². The summed E-state index contributed by atoms with van der Waals surface area (Å²) < 4.78 is 23.5. The third kappa shape index (κ3) is 6.88. The normalized spacial score (nSPS) is 20.2. The lowest BCUT2D eigenvalue weighted by molar-refractivity contribution is -0.151. The maximum absolute atomic E-state index is 13.4. The molecule has 1 aliphatic rings. The van der Waals surface area contributed by atoms with Gasteiger partial charge in [0, 0.05) is 6.92 Å². The van der Waals surface area contributed by atoms with E-state index >= 15 is 0 Å². The van der Waals surface area contributed by atoms with Crippen LogP contribution in [-0.4, -0.2) is 57.2 Å². The molecule has 0 saturated carbocycles. The van der Waals surface area contributed by atoms with E-state index in [2.05, 4.69) is 33.9 Å². The summed E-state index contributed by atoms with van der Waals surface area (Å²) >= 11 is 0. The number of benzene rings is 2. The van der Waals surface area contributed by atoms with Gasteiger partial charge in [-0.1, -0.05) is 63.2 Å². The standard InChI is InChI=1S/C28H39NO6Si/c1-20(30)34-26-24(17-21-13-15-23(32-5)16-14-21)29(18-25(26)35-36(6,7)28(2,3)4)27(31)33-19-22-11-9-8-10-12-22/h8-16,24-26H,17-19H2,1-7H3/t24-,25+,26+/m1/s1. The highest BCUT2D eigenvalue weighted by atomic mass is 28.4. The summed E-state index contributed by atoms with van der Waals surface area (Å²) in [5, 5.41) is -0.0412. The van der Waals surface area contributed by atoms with Gasteiger partial charge in [0.2, 0.25) is 0 Å². The van der Waals surface area contributed by atoms with Crippen LogP contribution in [0.3, 0.4) is 0 Å². The molecule has 0 aliphatic carbocycles. The zero-order valence-corrected chi connectivity index (χ0v) is 23.4. The van der Waals surface area contributed by atoms with E-state index in [1.54, 1.807) is 12.0 Å². The van der Waals surface area contributed by atoms with E-state index in [0.717, 1.165) is 16.9 Å². The molecular formula is C28H39NO6Si. The number of amides is 1. The van der Waals surface area contributed by atoms with Gasteiger partial charge in [-0.15, -0.1) is 0 Å². The van der Waals surface area contributed by atoms with E-state index in [1.807, 2.05) is 54.6 Å². The molecule has 1 heterocycles. The fourth-order valence-corrected chi connectivity index (χ4v) is 5.42. The van der Waals surface area contributed by atoms with E-state index < -0.39 is 38.6 Å². The molecule has 7 nitrogen and oxygen atoms in total. The molecule has 0 bridgehead atoms. The van der Waals surface area contributed by atoms with Gasteiger partial charge in [0.05, 0.1) is 19.7 Å². The molecule has 2 aromatic carbocycles. The van der Waals surface area contributed by atoms with Crippen LogP contribution in [-0.2, 0) is 31.7 Å². The molecule has 1 fully saturated rings. The van der Waals surface area contributed by atoms with Crippen molar-refractivity contribution in [1.82, 2.24) is 4.90 Å². The number of carbonyl (C=O) groups excluding carboxylic acids is 2. The fourth-order valence-electron chi connectivity index (χ4n) is 4.11. The SMILES string of the molecule is COc1ccc(C[C@@H]2[C@H](OC(C)=O)[C@@H](O[Si](C)(C)C(C)(C)C)CN2C(=O)OCc2ccccc2)cc1. The third-order valence-corrected chi connectivity index (χ3v) is 11.6. The molecular weight excluding hydrogens is 474 g/mol. The van der Waals surface area contributed by atoms with Crippen molar-refractivity contribution < 1.29 is 28.2 Å². The number of hydrogen-bond donors (Lipinski definition) is 0. The van der Waals surface area contributed by atoms with Crippen LogP contribution in [0.4, 0.5) is 4.79 Å². The van der Waals surface area contributed by atoms with Gasteiger partial charge in [0.1, 0.15) is 24.6 Å². The van der Waals surface area contributed by atoms with E-state index in [9.17, 15) is 9.59 Å². The maximum atomic E-state index is 13.4. The Kier molecular flexibility index (Phi) is 8.84. The first-order valence-electron chi connectivity index (χ1n) is 12.4. The van der Waals surface area contributed by atoms with Crippen molar-refractivity contribution in [2.24, 2.45) is 0 Å². The minimum Gasteiger partial charge on any atom is -0.497 e. The topological polar surface area (TPSA) is 74.3 Å². The molecule has 0 spiro atoms. The second-order valence-electron chi connectivity index (χ2n) is 10.8. The quantitative estimate of drug-likeness (QED) is 0.339. The van der Waals surface area contributed by atoms with Crippen molar-refractivity contribution in [3.8, 4) is 5.75 Å². The molecule has 36 heavy (non-hydrogen) atoms. The van der Waals surface area contributed by atoms with Crippen LogP contribution in [0.5, 0.6) is 5.75 Å². The van der Waals surface area contributed by atoms with Crippen molar-refractivity contribution in [3.63, 3.8) is 0 Å². The van der Waals surface area contributed by atoms with Crippen LogP contribution in [0, 0.1) is 0 Å². The van der Waals surface area contributed by atoms with Crippen LogP contribution < -0.4 is 4.74 Å². The van der Waals surface area contributed by atoms with E-state index in [4.69, 9.17) is 18.6 Å². The Morgan fingerprint density at radius 2 is 1.64 bits per heavy atom. The number of nitrogens with zero attached hydrogens (tertiary/aromatic N) is 1. The van der Waals surface area contributed by atoms with Crippen molar-refractivity contribution in [2.75, 3.05) is 13.7 Å². The lowest BCUT2D eigenvalue weighted by atomic mass is 10.0. The zero-order chi connectivity index (χ0) is 26.5. The van der Waals surface area contributed by atoms with Gasteiger partial charge in [0.15, 0.2) is 8.32 Å². The Balaban J connectivity index is 1.90. The molecule has 3 rings (SSSR count). The smallest absolute Gasteiger partial charge is 0.410 e. The van der Waals surface area contributed by atoms with Gasteiger partial charge in [0.25, 0.3) is 0 Å². The van der Waals surface area contributed by atoms with E-state index in [-0.39, 0.29) is 11.6 Å². The molecule has 0 radical (unpaired) electrons. The number of hydrogen-bond acceptors (Lipinski definition) is 6. The van der Waals surface area contributed by atoms with Crippen LogP contribution in [0.15, 0.2) is 54.6 Å². The Morgan fingerprint density at radius 1 is 1.00 bits per heavy atom. The lowest BCUT2D eigenvalue weighted by Gasteiger charge is -2.39. The van der Waals surface area contributed by atoms with Gasteiger partial charge in [-0.05, 0) is 47.8 Å². The van der Waals surface area contributed by atoms with Crippen LogP contribution in [0.2, 0.25) is 18.1 Å². The largest absolute Gasteiger partial charge is 0.497 e. The summed E-state index contributed by atoms with van der Waals surface area (Å²) in [5.41, 5.74) is 1.90. The van der Waals surface area contributed by atoms with Gasteiger partial charge in [-0.3, -0.25) is 9.69 Å². The molecule has 3 atom stereocenters. The van der Waals surface area contributed by atoms with Gasteiger partial charge < -0.3 is 18.6 Å². The number of likely N-dealkylation sites (tertiary alicyclic amines) is 1. The first kappa shape index (κ1) is 27.7. The van der Waals surface area contributed by atoms with Crippen molar-refractivity contribution in [3.05, 3.63) is 65.7 Å². The summed E-state index contributed by atoms with van der Waals surface area (Å²) in [6.45, 7) is 12.7.